The second-order valence-electron chi connectivity index (χ2n) is 2.73. The molecule has 0 amide bonds. The monoisotopic (exact) mass is 181 g/mol. The topological polar surface area (TPSA) is 12.0 Å². The number of rotatable bonds is 4. The van der Waals surface area contributed by atoms with Crippen molar-refractivity contribution >= 4 is 17.4 Å². The first-order valence-electron chi connectivity index (χ1n) is 4.20. The summed E-state index contributed by atoms with van der Waals surface area (Å²) < 4.78 is 0. The van der Waals surface area contributed by atoms with E-state index in [-0.39, 0.29) is 0 Å². The molecule has 0 aromatic carbocycles. The van der Waals surface area contributed by atoms with Crippen molar-refractivity contribution in [1.29, 1.82) is 0 Å². The average molecular weight is 181 g/mol. The van der Waals surface area contributed by atoms with Gasteiger partial charge in [-0.3, -0.25) is 0 Å². The Labute approximate surface area is 78.1 Å². The van der Waals surface area contributed by atoms with Gasteiger partial charge >= 0.3 is 0 Å². The van der Waals surface area contributed by atoms with Crippen LogP contribution in [-0.4, -0.2) is 13.6 Å². The summed E-state index contributed by atoms with van der Waals surface area (Å²) in [5.74, 6) is 0. The van der Waals surface area contributed by atoms with Crippen molar-refractivity contribution in [3.8, 4) is 0 Å². The molecule has 0 unspecified atom stereocenters. The smallest absolute Gasteiger partial charge is 0.00864 e. The minimum Gasteiger partial charge on any atom is -0.319 e. The summed E-state index contributed by atoms with van der Waals surface area (Å²) in [6.07, 6.45) is 5.51. The van der Waals surface area contributed by atoms with Gasteiger partial charge in [0.05, 0.1) is 0 Å². The zero-order valence-electron chi connectivity index (χ0n) is 7.63. The highest BCUT2D eigenvalue weighted by Crippen LogP contribution is 2.16. The molecule has 1 aromatic heterocycles. The highest BCUT2D eigenvalue weighted by molar-refractivity contribution is 7.10. The molecule has 1 aromatic rings. The van der Waals surface area contributed by atoms with Gasteiger partial charge in [-0.1, -0.05) is 12.2 Å². The lowest BCUT2D eigenvalue weighted by Crippen LogP contribution is -2.05. The van der Waals surface area contributed by atoms with Gasteiger partial charge in [0, 0.05) is 4.88 Å². The van der Waals surface area contributed by atoms with Crippen LogP contribution in [0.5, 0.6) is 0 Å². The Morgan fingerprint density at radius 1 is 1.58 bits per heavy atom. The molecule has 1 N–H and O–H groups in total. The second-order valence-corrected chi connectivity index (χ2v) is 3.85. The van der Waals surface area contributed by atoms with Crippen LogP contribution in [-0.2, 0) is 0 Å². The SMILES string of the molecule is CNCC/C=C/c1ccsc1C. The van der Waals surface area contributed by atoms with Crippen LogP contribution >= 0.6 is 11.3 Å². The van der Waals surface area contributed by atoms with E-state index in [1.54, 1.807) is 11.3 Å². The van der Waals surface area contributed by atoms with Gasteiger partial charge in [0.1, 0.15) is 0 Å². The van der Waals surface area contributed by atoms with Crippen LogP contribution in [0.1, 0.15) is 16.9 Å². The van der Waals surface area contributed by atoms with E-state index in [2.05, 4.69) is 35.8 Å². The Morgan fingerprint density at radius 3 is 3.00 bits per heavy atom. The summed E-state index contributed by atoms with van der Waals surface area (Å²) in [4.78, 5) is 1.40. The van der Waals surface area contributed by atoms with Crippen molar-refractivity contribution in [1.82, 2.24) is 5.32 Å². The third kappa shape index (κ3) is 2.80. The van der Waals surface area contributed by atoms with Crippen molar-refractivity contribution in [3.63, 3.8) is 0 Å². The molecule has 0 atom stereocenters. The maximum atomic E-state index is 3.11. The number of hydrogen-bond acceptors (Lipinski definition) is 2. The van der Waals surface area contributed by atoms with Gasteiger partial charge in [-0.05, 0) is 43.9 Å². The van der Waals surface area contributed by atoms with Gasteiger partial charge in [-0.15, -0.1) is 11.3 Å². The highest BCUT2D eigenvalue weighted by Gasteiger charge is 1.92. The van der Waals surface area contributed by atoms with Crippen LogP contribution in [0.25, 0.3) is 6.08 Å². The van der Waals surface area contributed by atoms with Crippen LogP contribution < -0.4 is 5.32 Å². The van der Waals surface area contributed by atoms with Gasteiger partial charge in [0.2, 0.25) is 0 Å². The molecular weight excluding hydrogens is 166 g/mol. The third-order valence-corrected chi connectivity index (χ3v) is 2.62. The fourth-order valence-corrected chi connectivity index (χ4v) is 1.70. The van der Waals surface area contributed by atoms with Crippen molar-refractivity contribution in [3.05, 3.63) is 28.0 Å². The number of aryl methyl sites for hydroxylation is 1. The fraction of sp³-hybridized carbons (Fsp3) is 0.400. The largest absolute Gasteiger partial charge is 0.319 e. The quantitative estimate of drug-likeness (QED) is 0.704. The summed E-state index contributed by atoms with van der Waals surface area (Å²) in [6, 6.07) is 2.16. The first-order valence-corrected chi connectivity index (χ1v) is 5.08. The molecule has 0 spiro atoms. The normalized spacial score (nSPS) is 11.2. The Bertz CT molecular complexity index is 250. The zero-order valence-corrected chi connectivity index (χ0v) is 8.45. The summed E-state index contributed by atoms with van der Waals surface area (Å²) in [6.45, 7) is 3.21. The molecular formula is C10H15NS. The lowest BCUT2D eigenvalue weighted by Gasteiger charge is -1.91. The van der Waals surface area contributed by atoms with Crippen molar-refractivity contribution in [2.45, 2.75) is 13.3 Å². The van der Waals surface area contributed by atoms with Gasteiger partial charge in [0.25, 0.3) is 0 Å². The van der Waals surface area contributed by atoms with E-state index in [1.165, 1.54) is 10.4 Å². The van der Waals surface area contributed by atoms with E-state index in [1.807, 2.05) is 7.05 Å². The highest BCUT2D eigenvalue weighted by atomic mass is 32.1. The van der Waals surface area contributed by atoms with E-state index in [4.69, 9.17) is 0 Å². The van der Waals surface area contributed by atoms with Crippen LogP contribution in [0.2, 0.25) is 0 Å². The van der Waals surface area contributed by atoms with Crippen molar-refractivity contribution in [2.75, 3.05) is 13.6 Å². The van der Waals surface area contributed by atoms with Gasteiger partial charge in [-0.25, -0.2) is 0 Å². The first kappa shape index (κ1) is 9.49. The van der Waals surface area contributed by atoms with E-state index in [9.17, 15) is 0 Å². The summed E-state index contributed by atoms with van der Waals surface area (Å²) >= 11 is 1.80. The molecule has 0 aliphatic rings. The van der Waals surface area contributed by atoms with Crippen LogP contribution in [0.4, 0.5) is 0 Å². The predicted octanol–water partition coefficient (Wildman–Crippen LogP) is 2.68. The lowest BCUT2D eigenvalue weighted by atomic mass is 10.2. The maximum Gasteiger partial charge on any atom is 0.00864 e. The molecule has 0 aliphatic carbocycles. The minimum atomic E-state index is 1.06. The molecule has 0 radical (unpaired) electrons. The third-order valence-electron chi connectivity index (χ3n) is 1.76. The minimum absolute atomic E-state index is 1.06. The standard InChI is InChI=1S/C10H15NS/c1-9-10(6-8-12-9)5-3-4-7-11-2/h3,5-6,8,11H,4,7H2,1-2H3/b5-3+. The van der Waals surface area contributed by atoms with E-state index in [0.29, 0.717) is 0 Å². The first-order chi connectivity index (χ1) is 5.84. The van der Waals surface area contributed by atoms with Crippen LogP contribution in [0, 0.1) is 6.92 Å². The van der Waals surface area contributed by atoms with Gasteiger partial charge < -0.3 is 5.32 Å². The Kier molecular flexibility index (Phi) is 4.05. The zero-order chi connectivity index (χ0) is 8.81. The fourth-order valence-electron chi connectivity index (χ4n) is 1.01. The summed E-state index contributed by atoms with van der Waals surface area (Å²) in [5, 5.41) is 5.25. The van der Waals surface area contributed by atoms with Crippen LogP contribution in [0.15, 0.2) is 17.5 Å². The molecule has 12 heavy (non-hydrogen) atoms. The molecule has 1 heterocycles. The van der Waals surface area contributed by atoms with E-state index in [0.717, 1.165) is 13.0 Å². The molecule has 0 saturated carbocycles. The average Bonchev–Trinajstić information content (AvgIpc) is 2.46. The summed E-state index contributed by atoms with van der Waals surface area (Å²) in [5.41, 5.74) is 1.36. The Morgan fingerprint density at radius 2 is 2.42 bits per heavy atom. The molecule has 0 aliphatic heterocycles. The Balaban J connectivity index is 2.41. The van der Waals surface area contributed by atoms with Crippen molar-refractivity contribution in [2.24, 2.45) is 0 Å². The number of nitrogens with one attached hydrogen (secondary N) is 1. The number of hydrogen-bond donors (Lipinski definition) is 1. The molecule has 2 heteroatoms. The Hall–Kier alpha value is -0.600. The molecule has 0 bridgehead atoms. The lowest BCUT2D eigenvalue weighted by molar-refractivity contribution is 0.809. The predicted molar refractivity (Wildman–Crippen MR) is 56.6 cm³/mol. The molecule has 66 valence electrons. The molecule has 0 fully saturated rings. The van der Waals surface area contributed by atoms with E-state index >= 15 is 0 Å². The maximum absolute atomic E-state index is 3.11. The van der Waals surface area contributed by atoms with Gasteiger partial charge in [0.15, 0.2) is 0 Å². The molecule has 1 nitrogen and oxygen atoms in total. The van der Waals surface area contributed by atoms with E-state index < -0.39 is 0 Å². The summed E-state index contributed by atoms with van der Waals surface area (Å²) in [7, 11) is 1.98. The van der Waals surface area contributed by atoms with Crippen LogP contribution in [0.3, 0.4) is 0 Å². The molecule has 1 rings (SSSR count). The number of thiophene rings is 1. The van der Waals surface area contributed by atoms with Gasteiger partial charge in [-0.2, -0.15) is 0 Å². The van der Waals surface area contributed by atoms with Crippen molar-refractivity contribution < 1.29 is 0 Å². The molecule has 0 saturated heterocycles. The second kappa shape index (κ2) is 5.12.